The van der Waals surface area contributed by atoms with E-state index >= 15 is 0 Å². The SMILES string of the molecule is CC(C(=O)NC1(C(=O)O)CCOC1)n1cncn1. The topological polar surface area (TPSA) is 106 Å². The second-order valence-electron chi connectivity index (χ2n) is 4.23. The number of aromatic nitrogens is 3. The lowest BCUT2D eigenvalue weighted by atomic mass is 9.98. The maximum absolute atomic E-state index is 12.0. The molecule has 0 bridgehead atoms. The molecule has 2 atom stereocenters. The molecular weight excluding hydrogens is 240 g/mol. The summed E-state index contributed by atoms with van der Waals surface area (Å²) in [6.07, 6.45) is 2.98. The number of aliphatic carboxylic acids is 1. The molecule has 2 unspecified atom stereocenters. The number of rotatable bonds is 4. The molecule has 1 aliphatic rings. The molecule has 0 aromatic carbocycles. The molecular formula is C10H14N4O4. The Labute approximate surface area is 103 Å². The first kappa shape index (κ1) is 12.5. The number of carbonyl (C=O) groups is 2. The lowest BCUT2D eigenvalue weighted by Crippen LogP contribution is -2.56. The standard InChI is InChI=1S/C10H14N4O4/c1-7(14-6-11-5-12-14)8(15)13-10(9(16)17)2-3-18-4-10/h5-7H,2-4H2,1H3,(H,13,15)(H,16,17). The van der Waals surface area contributed by atoms with Crippen LogP contribution in [0.1, 0.15) is 19.4 Å². The van der Waals surface area contributed by atoms with Crippen molar-refractivity contribution in [2.75, 3.05) is 13.2 Å². The Bertz CT molecular complexity index is 439. The summed E-state index contributed by atoms with van der Waals surface area (Å²) in [6, 6.07) is -0.621. The number of carboxylic acid groups (broad SMARTS) is 1. The third kappa shape index (κ3) is 2.19. The van der Waals surface area contributed by atoms with Gasteiger partial charge in [-0.15, -0.1) is 0 Å². The maximum Gasteiger partial charge on any atom is 0.331 e. The van der Waals surface area contributed by atoms with Crippen molar-refractivity contribution in [2.24, 2.45) is 0 Å². The number of hydrogen-bond acceptors (Lipinski definition) is 5. The highest BCUT2D eigenvalue weighted by molar-refractivity contribution is 5.89. The molecule has 18 heavy (non-hydrogen) atoms. The highest BCUT2D eigenvalue weighted by Crippen LogP contribution is 2.20. The minimum Gasteiger partial charge on any atom is -0.479 e. The summed E-state index contributed by atoms with van der Waals surface area (Å²) in [7, 11) is 0. The Morgan fingerprint density at radius 1 is 1.61 bits per heavy atom. The second kappa shape index (κ2) is 4.73. The zero-order valence-electron chi connectivity index (χ0n) is 9.87. The second-order valence-corrected chi connectivity index (χ2v) is 4.23. The largest absolute Gasteiger partial charge is 0.479 e. The predicted molar refractivity (Wildman–Crippen MR) is 58.7 cm³/mol. The van der Waals surface area contributed by atoms with Gasteiger partial charge in [0.15, 0.2) is 5.54 Å². The van der Waals surface area contributed by atoms with Gasteiger partial charge in [0.1, 0.15) is 18.7 Å². The van der Waals surface area contributed by atoms with Gasteiger partial charge in [-0.2, -0.15) is 5.10 Å². The molecule has 2 rings (SSSR count). The van der Waals surface area contributed by atoms with Gasteiger partial charge < -0.3 is 15.2 Å². The summed E-state index contributed by atoms with van der Waals surface area (Å²) in [4.78, 5) is 27.0. The van der Waals surface area contributed by atoms with Crippen LogP contribution in [0.5, 0.6) is 0 Å². The third-order valence-corrected chi connectivity index (χ3v) is 3.01. The molecule has 2 heterocycles. The quantitative estimate of drug-likeness (QED) is 0.728. The van der Waals surface area contributed by atoms with Crippen LogP contribution in [0, 0.1) is 0 Å². The van der Waals surface area contributed by atoms with Gasteiger partial charge in [-0.05, 0) is 6.92 Å². The lowest BCUT2D eigenvalue weighted by molar-refractivity contribution is -0.148. The van der Waals surface area contributed by atoms with Crippen LogP contribution in [-0.4, -0.2) is 50.5 Å². The number of hydrogen-bond donors (Lipinski definition) is 2. The van der Waals surface area contributed by atoms with Gasteiger partial charge in [0.05, 0.1) is 6.61 Å². The molecule has 8 heteroatoms. The van der Waals surface area contributed by atoms with E-state index in [1.54, 1.807) is 6.92 Å². The van der Waals surface area contributed by atoms with Crippen LogP contribution in [0.25, 0.3) is 0 Å². The fourth-order valence-corrected chi connectivity index (χ4v) is 1.76. The summed E-state index contributed by atoms with van der Waals surface area (Å²) in [5.74, 6) is -1.51. The normalized spacial score (nSPS) is 24.7. The summed E-state index contributed by atoms with van der Waals surface area (Å²) in [6.45, 7) is 1.93. The number of nitrogens with one attached hydrogen (secondary N) is 1. The van der Waals surface area contributed by atoms with E-state index in [0.717, 1.165) is 0 Å². The van der Waals surface area contributed by atoms with E-state index in [9.17, 15) is 14.7 Å². The van der Waals surface area contributed by atoms with E-state index in [4.69, 9.17) is 4.74 Å². The number of amides is 1. The molecule has 1 fully saturated rings. The Balaban J connectivity index is 2.08. The maximum atomic E-state index is 12.0. The molecule has 0 saturated carbocycles. The fraction of sp³-hybridized carbons (Fsp3) is 0.600. The van der Waals surface area contributed by atoms with Gasteiger partial charge >= 0.3 is 5.97 Å². The third-order valence-electron chi connectivity index (χ3n) is 3.01. The van der Waals surface area contributed by atoms with Crippen molar-refractivity contribution in [3.63, 3.8) is 0 Å². The summed E-state index contributed by atoms with van der Waals surface area (Å²) < 4.78 is 6.42. The van der Waals surface area contributed by atoms with Crippen LogP contribution < -0.4 is 5.32 Å². The highest BCUT2D eigenvalue weighted by Gasteiger charge is 2.44. The van der Waals surface area contributed by atoms with Crippen molar-refractivity contribution in [2.45, 2.75) is 24.9 Å². The average Bonchev–Trinajstić information content (AvgIpc) is 2.99. The van der Waals surface area contributed by atoms with Gasteiger partial charge in [-0.25, -0.2) is 14.5 Å². The van der Waals surface area contributed by atoms with E-state index in [-0.39, 0.29) is 13.0 Å². The summed E-state index contributed by atoms with van der Waals surface area (Å²) >= 11 is 0. The molecule has 0 radical (unpaired) electrons. The molecule has 1 saturated heterocycles. The fourth-order valence-electron chi connectivity index (χ4n) is 1.76. The molecule has 1 aromatic rings. The predicted octanol–water partition coefficient (Wildman–Crippen LogP) is -0.801. The van der Waals surface area contributed by atoms with Crippen molar-refractivity contribution in [3.05, 3.63) is 12.7 Å². The van der Waals surface area contributed by atoms with Crippen LogP contribution >= 0.6 is 0 Å². The van der Waals surface area contributed by atoms with Gasteiger partial charge in [0, 0.05) is 13.0 Å². The van der Waals surface area contributed by atoms with E-state index in [2.05, 4.69) is 15.4 Å². The number of ether oxygens (including phenoxy) is 1. The zero-order valence-corrected chi connectivity index (χ0v) is 9.87. The van der Waals surface area contributed by atoms with Crippen molar-refractivity contribution in [1.82, 2.24) is 20.1 Å². The monoisotopic (exact) mass is 254 g/mol. The molecule has 1 amide bonds. The summed E-state index contributed by atoms with van der Waals surface area (Å²) in [5.41, 5.74) is -1.33. The van der Waals surface area contributed by atoms with Crippen LogP contribution in [-0.2, 0) is 14.3 Å². The molecule has 98 valence electrons. The number of carbonyl (C=O) groups excluding carboxylic acids is 1. The average molecular weight is 254 g/mol. The molecule has 2 N–H and O–H groups in total. The van der Waals surface area contributed by atoms with Gasteiger partial charge in [-0.3, -0.25) is 4.79 Å². The number of nitrogens with zero attached hydrogens (tertiary/aromatic N) is 3. The Morgan fingerprint density at radius 2 is 2.39 bits per heavy atom. The van der Waals surface area contributed by atoms with E-state index in [0.29, 0.717) is 6.61 Å². The lowest BCUT2D eigenvalue weighted by Gasteiger charge is -2.25. The highest BCUT2D eigenvalue weighted by atomic mass is 16.5. The van der Waals surface area contributed by atoms with Crippen molar-refractivity contribution >= 4 is 11.9 Å². The van der Waals surface area contributed by atoms with Crippen LogP contribution in [0.15, 0.2) is 12.7 Å². The van der Waals surface area contributed by atoms with E-state index in [1.165, 1.54) is 17.3 Å². The smallest absolute Gasteiger partial charge is 0.331 e. The molecule has 0 aliphatic carbocycles. The zero-order chi connectivity index (χ0) is 13.2. The van der Waals surface area contributed by atoms with Crippen molar-refractivity contribution in [1.29, 1.82) is 0 Å². The minimum atomic E-state index is -1.33. The Morgan fingerprint density at radius 3 is 2.89 bits per heavy atom. The summed E-state index contributed by atoms with van der Waals surface area (Å²) in [5, 5.41) is 15.6. The van der Waals surface area contributed by atoms with Gasteiger partial charge in [0.2, 0.25) is 5.91 Å². The first-order valence-corrected chi connectivity index (χ1v) is 5.52. The van der Waals surface area contributed by atoms with Gasteiger partial charge in [-0.1, -0.05) is 0 Å². The van der Waals surface area contributed by atoms with Crippen molar-refractivity contribution in [3.8, 4) is 0 Å². The molecule has 8 nitrogen and oxygen atoms in total. The molecule has 0 spiro atoms. The Hall–Kier alpha value is -1.96. The van der Waals surface area contributed by atoms with Crippen LogP contribution in [0.4, 0.5) is 0 Å². The minimum absolute atomic E-state index is 0.0157. The Kier molecular flexibility index (Phi) is 3.28. The van der Waals surface area contributed by atoms with Crippen LogP contribution in [0.3, 0.4) is 0 Å². The van der Waals surface area contributed by atoms with E-state index in [1.807, 2.05) is 0 Å². The van der Waals surface area contributed by atoms with Crippen LogP contribution in [0.2, 0.25) is 0 Å². The van der Waals surface area contributed by atoms with E-state index < -0.39 is 23.5 Å². The first-order valence-electron chi connectivity index (χ1n) is 5.52. The first-order chi connectivity index (χ1) is 8.55. The number of carboxylic acids is 1. The molecule has 1 aliphatic heterocycles. The molecule has 1 aromatic heterocycles. The van der Waals surface area contributed by atoms with Gasteiger partial charge in [0.25, 0.3) is 0 Å². The van der Waals surface area contributed by atoms with Crippen molar-refractivity contribution < 1.29 is 19.4 Å².